The molecule has 3 aliphatic rings. The van der Waals surface area contributed by atoms with Gasteiger partial charge in [0.2, 0.25) is 11.8 Å². The zero-order valence-corrected chi connectivity index (χ0v) is 26.3. The van der Waals surface area contributed by atoms with Crippen LogP contribution in [0.5, 0.6) is 0 Å². The topological polar surface area (TPSA) is 146 Å². The highest BCUT2D eigenvalue weighted by atomic mass is 28.4. The van der Waals surface area contributed by atoms with Gasteiger partial charge in [-0.15, -0.1) is 0 Å². The van der Waals surface area contributed by atoms with Crippen LogP contribution in [-0.4, -0.2) is 91.2 Å². The van der Waals surface area contributed by atoms with Gasteiger partial charge in [-0.25, -0.2) is 9.59 Å². The number of carboxylic acids is 1. The summed E-state index contributed by atoms with van der Waals surface area (Å²) in [5.41, 5.74) is -2.13. The van der Waals surface area contributed by atoms with Crippen LogP contribution < -0.4 is 16.0 Å². The van der Waals surface area contributed by atoms with E-state index in [-0.39, 0.29) is 30.5 Å². The first-order chi connectivity index (χ1) is 18.4. The van der Waals surface area contributed by atoms with Crippen molar-refractivity contribution in [1.82, 2.24) is 20.9 Å². The van der Waals surface area contributed by atoms with Crippen molar-refractivity contribution >= 4 is 32.2 Å². The molecule has 11 nitrogen and oxygen atoms in total. The molecule has 2 aliphatic heterocycles. The Kier molecular flexibility index (Phi) is 9.47. The molecule has 226 valence electrons. The fourth-order valence-electron chi connectivity index (χ4n) is 4.94. The lowest BCUT2D eigenvalue weighted by Crippen LogP contribution is -2.58. The summed E-state index contributed by atoms with van der Waals surface area (Å²) in [6.45, 7) is 16.7. The Morgan fingerprint density at radius 3 is 2.45 bits per heavy atom. The number of fused-ring (bicyclic) bond motifs is 2. The number of carbonyl (C=O) groups is 4. The molecule has 0 spiro atoms. The van der Waals surface area contributed by atoms with Crippen molar-refractivity contribution in [3.05, 3.63) is 12.2 Å². The minimum atomic E-state index is -2.24. The number of rotatable bonds is 4. The average molecular weight is 581 g/mol. The van der Waals surface area contributed by atoms with Crippen LogP contribution in [0, 0.1) is 5.92 Å². The predicted octanol–water partition coefficient (Wildman–Crippen LogP) is 2.77. The van der Waals surface area contributed by atoms with Gasteiger partial charge in [-0.1, -0.05) is 32.9 Å². The van der Waals surface area contributed by atoms with Gasteiger partial charge in [0.1, 0.15) is 23.2 Å². The molecule has 3 rings (SSSR count). The summed E-state index contributed by atoms with van der Waals surface area (Å²) >= 11 is 0. The van der Waals surface area contributed by atoms with E-state index in [0.29, 0.717) is 19.4 Å². The maximum Gasteiger partial charge on any atom is 0.408 e. The van der Waals surface area contributed by atoms with Gasteiger partial charge in [0.15, 0.2) is 8.32 Å². The number of nitrogens with one attached hydrogen (secondary N) is 3. The summed E-state index contributed by atoms with van der Waals surface area (Å²) in [6, 6.07) is -1.92. The Balaban J connectivity index is 1.93. The van der Waals surface area contributed by atoms with Gasteiger partial charge >= 0.3 is 12.1 Å². The lowest BCUT2D eigenvalue weighted by molar-refractivity contribution is -0.145. The van der Waals surface area contributed by atoms with Gasteiger partial charge in [-0.2, -0.15) is 0 Å². The van der Waals surface area contributed by atoms with Crippen molar-refractivity contribution in [3.63, 3.8) is 0 Å². The third-order valence-electron chi connectivity index (χ3n) is 8.29. The number of nitrogens with zero attached hydrogens (tertiary/aromatic N) is 1. The van der Waals surface area contributed by atoms with Gasteiger partial charge in [-0.05, 0) is 64.7 Å². The summed E-state index contributed by atoms with van der Waals surface area (Å²) in [5, 5.41) is 18.6. The first kappa shape index (κ1) is 32.1. The third kappa shape index (κ3) is 7.64. The standard InChI is InChI=1S/C28H48N4O7Si/c1-26(2,3)38-25(37)30-20-16-29-13-11-9-10-12-18-15-28(18,24(35)36)31-22(33)21-14-19(17-32(21)23(20)34)39-40(7,8)27(4,5)6/h10,12,18-21,29H,9,11,13-17H2,1-8H3,(H,30,37)(H,31,33)(H,35,36)/b12-10-/t18-,19-,20+,21+,28-/m1/s1. The zero-order chi connectivity index (χ0) is 30.1. The van der Waals surface area contributed by atoms with Gasteiger partial charge in [-0.3, -0.25) is 9.59 Å². The van der Waals surface area contributed by atoms with E-state index in [1.54, 1.807) is 20.8 Å². The Morgan fingerprint density at radius 1 is 1.18 bits per heavy atom. The largest absolute Gasteiger partial charge is 0.479 e. The van der Waals surface area contributed by atoms with Crippen LogP contribution in [0.15, 0.2) is 12.2 Å². The molecule has 0 aromatic heterocycles. The van der Waals surface area contributed by atoms with Crippen molar-refractivity contribution in [2.24, 2.45) is 5.92 Å². The van der Waals surface area contributed by atoms with E-state index in [1.807, 2.05) is 12.2 Å². The first-order valence-corrected chi connectivity index (χ1v) is 17.2. The van der Waals surface area contributed by atoms with Crippen LogP contribution in [0.25, 0.3) is 0 Å². The Morgan fingerprint density at radius 2 is 1.85 bits per heavy atom. The zero-order valence-electron chi connectivity index (χ0n) is 25.3. The van der Waals surface area contributed by atoms with E-state index < -0.39 is 61.5 Å². The molecule has 0 aromatic rings. The second-order valence-electron chi connectivity index (χ2n) is 13.8. The summed E-state index contributed by atoms with van der Waals surface area (Å²) < 4.78 is 12.0. The molecule has 0 bridgehead atoms. The predicted molar refractivity (Wildman–Crippen MR) is 153 cm³/mol. The number of ether oxygens (including phenoxy) is 1. The van der Waals surface area contributed by atoms with Crippen molar-refractivity contribution in [2.75, 3.05) is 19.6 Å². The molecule has 2 fully saturated rings. The minimum absolute atomic E-state index is 0.0817. The molecule has 0 unspecified atom stereocenters. The number of hydrogen-bond acceptors (Lipinski definition) is 7. The Hall–Kier alpha value is -2.44. The van der Waals surface area contributed by atoms with Crippen molar-refractivity contribution in [3.8, 4) is 0 Å². The Bertz CT molecular complexity index is 1020. The van der Waals surface area contributed by atoms with Gasteiger partial charge in [0.25, 0.3) is 0 Å². The van der Waals surface area contributed by atoms with Crippen molar-refractivity contribution in [2.45, 2.75) is 115 Å². The van der Waals surface area contributed by atoms with Crippen LogP contribution in [0.1, 0.15) is 67.2 Å². The molecule has 0 radical (unpaired) electrons. The molecule has 3 amide bonds. The van der Waals surface area contributed by atoms with E-state index in [0.717, 1.165) is 6.42 Å². The van der Waals surface area contributed by atoms with Gasteiger partial charge in [0.05, 0.1) is 6.10 Å². The maximum absolute atomic E-state index is 14.0. The number of carboxylic acid groups (broad SMARTS) is 1. The lowest BCUT2D eigenvalue weighted by Gasteiger charge is -2.38. The molecule has 1 saturated heterocycles. The molecule has 1 aliphatic carbocycles. The van der Waals surface area contributed by atoms with E-state index in [9.17, 15) is 24.3 Å². The van der Waals surface area contributed by atoms with Gasteiger partial charge < -0.3 is 35.1 Å². The number of carbonyl (C=O) groups excluding carboxylic acids is 3. The van der Waals surface area contributed by atoms with Gasteiger partial charge in [0, 0.05) is 25.4 Å². The monoisotopic (exact) mass is 580 g/mol. The molecular weight excluding hydrogens is 532 g/mol. The number of alkyl carbamates (subject to hydrolysis) is 1. The van der Waals surface area contributed by atoms with Crippen LogP contribution >= 0.6 is 0 Å². The molecule has 5 atom stereocenters. The summed E-state index contributed by atoms with van der Waals surface area (Å²) in [5.74, 6) is -2.36. The summed E-state index contributed by atoms with van der Waals surface area (Å²) in [6.07, 6.45) is 4.70. The van der Waals surface area contributed by atoms with E-state index in [4.69, 9.17) is 9.16 Å². The minimum Gasteiger partial charge on any atom is -0.479 e. The second-order valence-corrected chi connectivity index (χ2v) is 18.5. The van der Waals surface area contributed by atoms with E-state index in [2.05, 4.69) is 49.8 Å². The SMILES string of the molecule is CC(C)(C)OC(=O)N[C@H]1CNCCC/C=C\[C@@H]2C[C@@]2(C(=O)O)NC(=O)[C@@H]2C[C@@H](O[Si](C)(C)C(C)(C)C)CN2C1=O. The van der Waals surface area contributed by atoms with E-state index in [1.165, 1.54) is 4.90 Å². The van der Waals surface area contributed by atoms with Crippen LogP contribution in [0.2, 0.25) is 18.1 Å². The number of hydrogen-bond donors (Lipinski definition) is 4. The molecule has 4 N–H and O–H groups in total. The highest BCUT2D eigenvalue weighted by molar-refractivity contribution is 6.74. The molecular formula is C28H48N4O7Si. The normalized spacial score (nSPS) is 31.1. The Labute approximate surface area is 238 Å². The maximum atomic E-state index is 14.0. The lowest BCUT2D eigenvalue weighted by atomic mass is 10.1. The summed E-state index contributed by atoms with van der Waals surface area (Å²) in [7, 11) is -2.24. The second kappa shape index (κ2) is 11.8. The summed E-state index contributed by atoms with van der Waals surface area (Å²) in [4.78, 5) is 54.0. The fraction of sp³-hybridized carbons (Fsp3) is 0.786. The van der Waals surface area contributed by atoms with Crippen LogP contribution in [-0.2, 0) is 23.5 Å². The average Bonchev–Trinajstić information content (AvgIpc) is 3.33. The van der Waals surface area contributed by atoms with Crippen LogP contribution in [0.4, 0.5) is 4.79 Å². The van der Waals surface area contributed by atoms with Crippen molar-refractivity contribution < 1.29 is 33.4 Å². The highest BCUT2D eigenvalue weighted by Crippen LogP contribution is 2.45. The van der Waals surface area contributed by atoms with E-state index >= 15 is 0 Å². The molecule has 1 saturated carbocycles. The molecule has 40 heavy (non-hydrogen) atoms. The quantitative estimate of drug-likeness (QED) is 0.293. The fourth-order valence-corrected chi connectivity index (χ4v) is 6.29. The van der Waals surface area contributed by atoms with Crippen LogP contribution in [0.3, 0.4) is 0 Å². The molecule has 0 aromatic carbocycles. The van der Waals surface area contributed by atoms with Crippen molar-refractivity contribution in [1.29, 1.82) is 0 Å². The number of allylic oxidation sites excluding steroid dienone is 1. The smallest absolute Gasteiger partial charge is 0.408 e. The third-order valence-corrected chi connectivity index (χ3v) is 12.8. The number of amides is 3. The molecule has 2 heterocycles. The first-order valence-electron chi connectivity index (χ1n) is 14.3. The number of aliphatic carboxylic acids is 1. The highest BCUT2D eigenvalue weighted by Gasteiger charge is 2.61. The molecule has 12 heteroatoms.